The van der Waals surface area contributed by atoms with E-state index in [4.69, 9.17) is 4.74 Å². The molecule has 1 N–H and O–H groups in total. The molecule has 0 radical (unpaired) electrons. The highest BCUT2D eigenvalue weighted by atomic mass is 16.5. The van der Waals surface area contributed by atoms with E-state index >= 15 is 0 Å². The first-order chi connectivity index (χ1) is 6.20. The second-order valence-electron chi connectivity index (χ2n) is 4.12. The summed E-state index contributed by atoms with van der Waals surface area (Å²) in [5.74, 6) is 0.701. The molecule has 2 atom stereocenters. The fourth-order valence-electron chi connectivity index (χ4n) is 1.52. The van der Waals surface area contributed by atoms with Crippen LogP contribution in [0.2, 0.25) is 0 Å². The number of rotatable bonds is 3. The summed E-state index contributed by atoms with van der Waals surface area (Å²) in [4.78, 5) is 0. The Bertz CT molecular complexity index is 173. The number of hydrogen-bond acceptors (Lipinski definition) is 2. The van der Waals surface area contributed by atoms with Crippen molar-refractivity contribution >= 4 is 0 Å². The summed E-state index contributed by atoms with van der Waals surface area (Å²) in [7, 11) is 0. The van der Waals surface area contributed by atoms with Crippen LogP contribution in [0.5, 0.6) is 0 Å². The molecular weight excluding hydrogens is 162 g/mol. The number of piperidine rings is 1. The van der Waals surface area contributed by atoms with E-state index < -0.39 is 0 Å². The van der Waals surface area contributed by atoms with E-state index in [1.165, 1.54) is 12.0 Å². The van der Waals surface area contributed by atoms with E-state index in [-0.39, 0.29) is 0 Å². The van der Waals surface area contributed by atoms with Crippen LogP contribution >= 0.6 is 0 Å². The Morgan fingerprint density at radius 3 is 2.92 bits per heavy atom. The Kier molecular flexibility index (Phi) is 4.46. The second kappa shape index (κ2) is 5.40. The first-order valence-electron chi connectivity index (χ1n) is 5.16. The molecule has 1 rings (SSSR count). The molecule has 0 amide bonds. The quantitative estimate of drug-likeness (QED) is 0.675. The van der Waals surface area contributed by atoms with Gasteiger partial charge in [0.2, 0.25) is 0 Å². The third-order valence-corrected chi connectivity index (χ3v) is 2.56. The summed E-state index contributed by atoms with van der Waals surface area (Å²) in [6.45, 7) is 9.40. The Morgan fingerprint density at radius 2 is 2.31 bits per heavy atom. The van der Waals surface area contributed by atoms with Crippen molar-refractivity contribution in [2.24, 2.45) is 5.92 Å². The standard InChI is InChI=1S/C11H21NO/c1-9(2)5-7-13-11-8-12-6-4-10(11)3/h5,10-12H,4,6-8H2,1-3H3. The second-order valence-corrected chi connectivity index (χ2v) is 4.12. The van der Waals surface area contributed by atoms with Gasteiger partial charge in [-0.15, -0.1) is 0 Å². The largest absolute Gasteiger partial charge is 0.373 e. The highest BCUT2D eigenvalue weighted by Gasteiger charge is 2.20. The lowest BCUT2D eigenvalue weighted by atomic mass is 9.97. The van der Waals surface area contributed by atoms with Crippen LogP contribution in [-0.2, 0) is 4.74 Å². The molecule has 76 valence electrons. The molecular formula is C11H21NO. The van der Waals surface area contributed by atoms with Crippen LogP contribution in [0.1, 0.15) is 27.2 Å². The summed E-state index contributed by atoms with van der Waals surface area (Å²) in [5.41, 5.74) is 1.33. The molecule has 1 saturated heterocycles. The third kappa shape index (κ3) is 3.92. The minimum atomic E-state index is 0.407. The Morgan fingerprint density at radius 1 is 1.54 bits per heavy atom. The highest BCUT2D eigenvalue weighted by molar-refractivity contribution is 4.93. The van der Waals surface area contributed by atoms with E-state index in [2.05, 4.69) is 32.2 Å². The van der Waals surface area contributed by atoms with E-state index in [0.29, 0.717) is 12.0 Å². The van der Waals surface area contributed by atoms with E-state index in [0.717, 1.165) is 19.7 Å². The van der Waals surface area contributed by atoms with E-state index in [9.17, 15) is 0 Å². The highest BCUT2D eigenvalue weighted by Crippen LogP contribution is 2.14. The Hall–Kier alpha value is -0.340. The van der Waals surface area contributed by atoms with E-state index in [1.54, 1.807) is 0 Å². The van der Waals surface area contributed by atoms with Gasteiger partial charge in [-0.25, -0.2) is 0 Å². The van der Waals surface area contributed by atoms with Crippen LogP contribution < -0.4 is 5.32 Å². The molecule has 0 aliphatic carbocycles. The Labute approximate surface area is 81.4 Å². The van der Waals surface area contributed by atoms with Crippen LogP contribution in [0.15, 0.2) is 11.6 Å². The molecule has 1 aliphatic heterocycles. The average molecular weight is 183 g/mol. The fraction of sp³-hybridized carbons (Fsp3) is 0.818. The van der Waals surface area contributed by atoms with Crippen molar-refractivity contribution in [1.29, 1.82) is 0 Å². The molecule has 0 aromatic rings. The lowest BCUT2D eigenvalue weighted by molar-refractivity contribution is 0.0197. The maximum absolute atomic E-state index is 5.77. The topological polar surface area (TPSA) is 21.3 Å². The zero-order valence-electron chi connectivity index (χ0n) is 8.97. The lowest BCUT2D eigenvalue weighted by Gasteiger charge is -2.29. The van der Waals surface area contributed by atoms with Gasteiger partial charge in [-0.05, 0) is 32.7 Å². The molecule has 0 bridgehead atoms. The van der Waals surface area contributed by atoms with Gasteiger partial charge < -0.3 is 10.1 Å². The van der Waals surface area contributed by atoms with Gasteiger partial charge in [-0.3, -0.25) is 0 Å². The van der Waals surface area contributed by atoms with Gasteiger partial charge in [0, 0.05) is 6.54 Å². The van der Waals surface area contributed by atoms with Gasteiger partial charge in [-0.2, -0.15) is 0 Å². The van der Waals surface area contributed by atoms with Gasteiger partial charge in [0.25, 0.3) is 0 Å². The smallest absolute Gasteiger partial charge is 0.0729 e. The molecule has 1 fully saturated rings. The number of hydrogen-bond donors (Lipinski definition) is 1. The maximum Gasteiger partial charge on any atom is 0.0729 e. The van der Waals surface area contributed by atoms with Gasteiger partial charge >= 0.3 is 0 Å². The zero-order chi connectivity index (χ0) is 9.68. The van der Waals surface area contributed by atoms with Crippen molar-refractivity contribution in [2.45, 2.75) is 33.3 Å². The molecule has 0 saturated carbocycles. The van der Waals surface area contributed by atoms with Crippen LogP contribution in [0.3, 0.4) is 0 Å². The van der Waals surface area contributed by atoms with Gasteiger partial charge in [0.1, 0.15) is 0 Å². The van der Waals surface area contributed by atoms with Gasteiger partial charge in [-0.1, -0.05) is 18.6 Å². The number of allylic oxidation sites excluding steroid dienone is 1. The van der Waals surface area contributed by atoms with Crippen LogP contribution in [-0.4, -0.2) is 25.8 Å². The van der Waals surface area contributed by atoms with Gasteiger partial charge in [0.05, 0.1) is 12.7 Å². The van der Waals surface area contributed by atoms with E-state index in [1.807, 2.05) is 0 Å². The van der Waals surface area contributed by atoms with Crippen molar-refractivity contribution in [3.05, 3.63) is 11.6 Å². The number of nitrogens with one attached hydrogen (secondary N) is 1. The molecule has 2 heteroatoms. The molecule has 2 nitrogen and oxygen atoms in total. The molecule has 1 heterocycles. The molecule has 0 aromatic heterocycles. The van der Waals surface area contributed by atoms with Crippen LogP contribution in [0.25, 0.3) is 0 Å². The normalized spacial score (nSPS) is 28.5. The summed E-state index contributed by atoms with van der Waals surface area (Å²) in [6.07, 6.45) is 3.78. The predicted molar refractivity (Wildman–Crippen MR) is 55.8 cm³/mol. The van der Waals surface area contributed by atoms with Crippen molar-refractivity contribution < 1.29 is 4.74 Å². The summed E-state index contributed by atoms with van der Waals surface area (Å²) in [5, 5.41) is 3.36. The molecule has 2 unspecified atom stereocenters. The minimum absolute atomic E-state index is 0.407. The van der Waals surface area contributed by atoms with Crippen molar-refractivity contribution in [2.75, 3.05) is 19.7 Å². The SMILES string of the molecule is CC(C)=CCOC1CNCCC1C. The summed E-state index contributed by atoms with van der Waals surface area (Å²) in [6, 6.07) is 0. The Balaban J connectivity index is 2.23. The van der Waals surface area contributed by atoms with Crippen molar-refractivity contribution in [3.63, 3.8) is 0 Å². The molecule has 0 spiro atoms. The third-order valence-electron chi connectivity index (χ3n) is 2.56. The summed E-state index contributed by atoms with van der Waals surface area (Å²) >= 11 is 0. The summed E-state index contributed by atoms with van der Waals surface area (Å²) < 4.78 is 5.77. The molecule has 1 aliphatic rings. The zero-order valence-corrected chi connectivity index (χ0v) is 8.97. The van der Waals surface area contributed by atoms with Crippen molar-refractivity contribution in [3.8, 4) is 0 Å². The minimum Gasteiger partial charge on any atom is -0.373 e. The van der Waals surface area contributed by atoms with Crippen LogP contribution in [0, 0.1) is 5.92 Å². The first-order valence-corrected chi connectivity index (χ1v) is 5.16. The predicted octanol–water partition coefficient (Wildman–Crippen LogP) is 1.97. The molecule has 0 aromatic carbocycles. The maximum atomic E-state index is 5.77. The average Bonchev–Trinajstić information content (AvgIpc) is 2.08. The fourth-order valence-corrected chi connectivity index (χ4v) is 1.52. The molecule has 13 heavy (non-hydrogen) atoms. The first kappa shape index (κ1) is 10.7. The van der Waals surface area contributed by atoms with Crippen LogP contribution in [0.4, 0.5) is 0 Å². The van der Waals surface area contributed by atoms with Crippen molar-refractivity contribution in [1.82, 2.24) is 5.32 Å². The lowest BCUT2D eigenvalue weighted by Crippen LogP contribution is -2.41. The van der Waals surface area contributed by atoms with Gasteiger partial charge in [0.15, 0.2) is 0 Å². The monoisotopic (exact) mass is 183 g/mol. The number of ether oxygens (including phenoxy) is 1.